The van der Waals surface area contributed by atoms with Crippen molar-refractivity contribution in [3.8, 4) is 5.69 Å². The summed E-state index contributed by atoms with van der Waals surface area (Å²) in [7, 11) is 0. The molecule has 0 radical (unpaired) electrons. The van der Waals surface area contributed by atoms with Crippen LogP contribution in [0.4, 0.5) is 0 Å². The van der Waals surface area contributed by atoms with Gasteiger partial charge >= 0.3 is 0 Å². The van der Waals surface area contributed by atoms with Crippen molar-refractivity contribution in [3.05, 3.63) is 88.9 Å². The number of nitrogens with one attached hydrogen (secondary N) is 2. The molecule has 0 unspecified atom stereocenters. The number of fused-ring (bicyclic) bond motifs is 1. The van der Waals surface area contributed by atoms with Gasteiger partial charge in [0.25, 0.3) is 17.4 Å². The van der Waals surface area contributed by atoms with Crippen LogP contribution in [0.1, 0.15) is 47.0 Å². The van der Waals surface area contributed by atoms with E-state index in [1.807, 2.05) is 4.57 Å². The van der Waals surface area contributed by atoms with Crippen LogP contribution in [0, 0.1) is 0 Å². The molecular weight excluding hydrogens is 420 g/mol. The van der Waals surface area contributed by atoms with E-state index in [-0.39, 0.29) is 11.3 Å². The monoisotopic (exact) mass is 444 g/mol. The molecule has 2 N–H and O–H groups in total. The quantitative estimate of drug-likeness (QED) is 0.336. The molecule has 33 heavy (non-hydrogen) atoms. The molecule has 0 bridgehead atoms. The number of carbonyl (C=O) groups is 2. The number of hydrogen-bond donors (Lipinski definition) is 2. The second-order valence-electron chi connectivity index (χ2n) is 7.55. The molecule has 0 fully saturated rings. The van der Waals surface area contributed by atoms with E-state index >= 15 is 0 Å². The van der Waals surface area contributed by atoms with Gasteiger partial charge in [0, 0.05) is 35.6 Å². The fraction of sp³-hybridized carbons (Fsp3) is 0.208. The number of amides is 2. The number of nitrogens with zero attached hydrogens (tertiary/aromatic N) is 4. The Labute approximate surface area is 190 Å². The molecule has 0 saturated carbocycles. The zero-order chi connectivity index (χ0) is 23.2. The number of aromatic nitrogens is 4. The maximum absolute atomic E-state index is 12.9. The maximum Gasteiger partial charge on any atom is 0.290 e. The van der Waals surface area contributed by atoms with Crippen molar-refractivity contribution in [3.63, 3.8) is 0 Å². The lowest BCUT2D eigenvalue weighted by atomic mass is 10.1. The van der Waals surface area contributed by atoms with Crippen LogP contribution in [0.15, 0.2) is 72.0 Å². The Balaban J connectivity index is 1.51. The lowest BCUT2D eigenvalue weighted by Crippen LogP contribution is -2.42. The molecule has 2 aromatic heterocycles. The summed E-state index contributed by atoms with van der Waals surface area (Å²) in [6, 6.07) is 13.7. The Morgan fingerprint density at radius 3 is 2.36 bits per heavy atom. The van der Waals surface area contributed by atoms with E-state index < -0.39 is 11.8 Å². The zero-order valence-corrected chi connectivity index (χ0v) is 18.2. The maximum atomic E-state index is 12.9. The van der Waals surface area contributed by atoms with E-state index in [1.54, 1.807) is 67.3 Å². The van der Waals surface area contributed by atoms with Crippen LogP contribution in [0.5, 0.6) is 0 Å². The molecule has 2 heterocycles. The standard InChI is InChI=1S/C24H24N6O3/c1-2-3-6-14-30-24(33)20-8-5-4-7-19(20)21(28-30)23(32)27-26-22(31)17-9-11-18(12-10-17)29-15-13-25-16-29/h4-5,7-13,15-16H,2-3,6,14H2,1H3,(H,26,31)(H,27,32). The van der Waals surface area contributed by atoms with Crippen LogP contribution in [0.2, 0.25) is 0 Å². The summed E-state index contributed by atoms with van der Waals surface area (Å²) in [5.74, 6) is -1.07. The fourth-order valence-electron chi connectivity index (χ4n) is 3.51. The molecule has 0 aliphatic carbocycles. The minimum absolute atomic E-state index is 0.0810. The predicted molar refractivity (Wildman–Crippen MR) is 124 cm³/mol. The summed E-state index contributed by atoms with van der Waals surface area (Å²) in [6.07, 6.45) is 7.88. The highest BCUT2D eigenvalue weighted by Crippen LogP contribution is 2.14. The summed E-state index contributed by atoms with van der Waals surface area (Å²) in [6.45, 7) is 2.50. The minimum Gasteiger partial charge on any atom is -0.306 e. The van der Waals surface area contributed by atoms with Crippen LogP contribution >= 0.6 is 0 Å². The van der Waals surface area contributed by atoms with Gasteiger partial charge in [-0.2, -0.15) is 5.10 Å². The molecule has 0 atom stereocenters. The average Bonchev–Trinajstić information content (AvgIpc) is 3.39. The lowest BCUT2D eigenvalue weighted by molar-refractivity contribution is 0.0843. The van der Waals surface area contributed by atoms with Crippen LogP contribution in [0.3, 0.4) is 0 Å². The highest BCUT2D eigenvalue weighted by atomic mass is 16.2. The number of unbranched alkanes of at least 4 members (excludes halogenated alkanes) is 2. The number of imidazole rings is 1. The third-order valence-corrected chi connectivity index (χ3v) is 5.28. The van der Waals surface area contributed by atoms with Gasteiger partial charge in [0.1, 0.15) is 0 Å². The van der Waals surface area contributed by atoms with E-state index in [0.717, 1.165) is 24.9 Å². The van der Waals surface area contributed by atoms with Crippen molar-refractivity contribution < 1.29 is 9.59 Å². The summed E-state index contributed by atoms with van der Waals surface area (Å²) in [4.78, 5) is 42.2. The summed E-state index contributed by atoms with van der Waals surface area (Å²) in [5, 5.41) is 5.14. The molecule has 2 aromatic carbocycles. The fourth-order valence-corrected chi connectivity index (χ4v) is 3.51. The van der Waals surface area contributed by atoms with E-state index in [4.69, 9.17) is 0 Å². The van der Waals surface area contributed by atoms with Gasteiger partial charge in [-0.25, -0.2) is 9.67 Å². The molecular formula is C24H24N6O3. The lowest BCUT2D eigenvalue weighted by Gasteiger charge is -2.12. The first kappa shape index (κ1) is 21.9. The summed E-state index contributed by atoms with van der Waals surface area (Å²) >= 11 is 0. The molecule has 9 heteroatoms. The van der Waals surface area contributed by atoms with Gasteiger partial charge in [-0.3, -0.25) is 25.2 Å². The molecule has 0 aliphatic heterocycles. The van der Waals surface area contributed by atoms with Gasteiger partial charge in [-0.15, -0.1) is 0 Å². The number of aryl methyl sites for hydroxylation is 1. The van der Waals surface area contributed by atoms with E-state index in [2.05, 4.69) is 27.9 Å². The molecule has 0 saturated heterocycles. The minimum atomic E-state index is -0.598. The average molecular weight is 444 g/mol. The van der Waals surface area contributed by atoms with Gasteiger partial charge in [0.2, 0.25) is 0 Å². The highest BCUT2D eigenvalue weighted by molar-refractivity contribution is 6.06. The second-order valence-corrected chi connectivity index (χ2v) is 7.55. The predicted octanol–water partition coefficient (Wildman–Crippen LogP) is 2.85. The Hall–Kier alpha value is -4.27. The Morgan fingerprint density at radius 1 is 0.939 bits per heavy atom. The van der Waals surface area contributed by atoms with Crippen LogP contribution in [0.25, 0.3) is 16.5 Å². The largest absolute Gasteiger partial charge is 0.306 e. The molecule has 2 amide bonds. The number of hydrazine groups is 1. The molecule has 0 spiro atoms. The van der Waals surface area contributed by atoms with Crippen molar-refractivity contribution in [2.75, 3.05) is 0 Å². The third kappa shape index (κ3) is 4.82. The molecule has 168 valence electrons. The first-order chi connectivity index (χ1) is 16.1. The van der Waals surface area contributed by atoms with Crippen molar-refractivity contribution in [2.24, 2.45) is 0 Å². The number of rotatable bonds is 7. The second kappa shape index (κ2) is 9.90. The van der Waals surface area contributed by atoms with Gasteiger partial charge < -0.3 is 4.57 Å². The van der Waals surface area contributed by atoms with Crippen LogP contribution in [-0.4, -0.2) is 31.1 Å². The third-order valence-electron chi connectivity index (χ3n) is 5.28. The normalized spacial score (nSPS) is 10.8. The number of carbonyl (C=O) groups excluding carboxylic acids is 2. The first-order valence-corrected chi connectivity index (χ1v) is 10.8. The molecule has 4 aromatic rings. The highest BCUT2D eigenvalue weighted by Gasteiger charge is 2.17. The van der Waals surface area contributed by atoms with E-state index in [0.29, 0.717) is 22.9 Å². The molecule has 4 rings (SSSR count). The van der Waals surface area contributed by atoms with E-state index in [1.165, 1.54) is 4.68 Å². The van der Waals surface area contributed by atoms with E-state index in [9.17, 15) is 14.4 Å². The van der Waals surface area contributed by atoms with Gasteiger partial charge in [0.15, 0.2) is 5.69 Å². The summed E-state index contributed by atoms with van der Waals surface area (Å²) in [5.41, 5.74) is 5.91. The van der Waals surface area contributed by atoms with Gasteiger partial charge in [-0.05, 0) is 36.8 Å². The first-order valence-electron chi connectivity index (χ1n) is 10.8. The summed E-state index contributed by atoms with van der Waals surface area (Å²) < 4.78 is 3.14. The number of hydrogen-bond acceptors (Lipinski definition) is 5. The van der Waals surface area contributed by atoms with Crippen molar-refractivity contribution in [1.29, 1.82) is 0 Å². The smallest absolute Gasteiger partial charge is 0.290 e. The Kier molecular flexibility index (Phi) is 6.58. The topological polar surface area (TPSA) is 111 Å². The Morgan fingerprint density at radius 2 is 1.67 bits per heavy atom. The van der Waals surface area contributed by atoms with Crippen molar-refractivity contribution in [1.82, 2.24) is 30.2 Å². The number of benzene rings is 2. The van der Waals surface area contributed by atoms with Gasteiger partial charge in [-0.1, -0.05) is 38.0 Å². The SMILES string of the molecule is CCCCCn1nc(C(=O)NNC(=O)c2ccc(-n3ccnc3)cc2)c2ccccc2c1=O. The zero-order valence-electron chi connectivity index (χ0n) is 18.2. The molecule has 9 nitrogen and oxygen atoms in total. The molecule has 0 aliphatic rings. The van der Waals surface area contributed by atoms with Crippen LogP contribution < -0.4 is 16.4 Å². The van der Waals surface area contributed by atoms with Crippen molar-refractivity contribution in [2.45, 2.75) is 32.7 Å². The Bertz CT molecular complexity index is 1330. The van der Waals surface area contributed by atoms with Crippen LogP contribution in [-0.2, 0) is 6.54 Å². The van der Waals surface area contributed by atoms with Crippen molar-refractivity contribution >= 4 is 22.6 Å². The van der Waals surface area contributed by atoms with Gasteiger partial charge in [0.05, 0.1) is 11.7 Å².